The van der Waals surface area contributed by atoms with Crippen LogP contribution in [0, 0.1) is 10.7 Å². The van der Waals surface area contributed by atoms with Crippen LogP contribution in [-0.2, 0) is 14.3 Å². The fraction of sp³-hybridized carbons (Fsp3) is 0.333. The Balaban J connectivity index is 2.76. The number of hydrogen-bond acceptors (Lipinski definition) is 4. The number of benzene rings is 1. The zero-order valence-corrected chi connectivity index (χ0v) is 11.2. The van der Waals surface area contributed by atoms with Crippen LogP contribution in [-0.4, -0.2) is 31.8 Å². The van der Waals surface area contributed by atoms with Gasteiger partial charge >= 0.3 is 0 Å². The second kappa shape index (κ2) is 5.65. The summed E-state index contributed by atoms with van der Waals surface area (Å²) in [4.78, 5) is 9.86. The van der Waals surface area contributed by atoms with Gasteiger partial charge in [0.1, 0.15) is 12.4 Å². The summed E-state index contributed by atoms with van der Waals surface area (Å²) >= 11 is 2.94. The number of halogens is 2. The van der Waals surface area contributed by atoms with Crippen LogP contribution >= 0.6 is 15.9 Å². The first-order chi connectivity index (χ1) is 7.83. The number of rotatable bonds is 5. The highest BCUT2D eigenvalue weighted by Gasteiger charge is 2.22. The van der Waals surface area contributed by atoms with Crippen molar-refractivity contribution in [2.45, 2.75) is 9.85 Å². The third kappa shape index (κ3) is 4.14. The zero-order valence-electron chi connectivity index (χ0n) is 8.84. The topological polar surface area (TPSA) is 63.4 Å². The van der Waals surface area contributed by atoms with Crippen molar-refractivity contribution in [1.29, 1.82) is 0 Å². The average molecular weight is 327 g/mol. The standard InChI is InChI=1S/C9H10BrFNO4S/c1-12(13)9(10)6-16-17(14,15)8-4-2-7(11)3-5-8/h2-5,9H,6H2,1H3/q+1. The Kier molecular flexibility index (Phi) is 4.72. The molecule has 0 spiro atoms. The van der Waals surface area contributed by atoms with E-state index in [1.165, 1.54) is 7.05 Å². The van der Waals surface area contributed by atoms with Gasteiger partial charge in [-0.15, -0.1) is 0 Å². The number of hydrogen-bond donors (Lipinski definition) is 0. The van der Waals surface area contributed by atoms with Crippen molar-refractivity contribution in [3.05, 3.63) is 35.0 Å². The van der Waals surface area contributed by atoms with Gasteiger partial charge in [0.25, 0.3) is 15.1 Å². The molecule has 94 valence electrons. The lowest BCUT2D eigenvalue weighted by Crippen LogP contribution is -2.22. The molecule has 0 aliphatic heterocycles. The van der Waals surface area contributed by atoms with Crippen molar-refractivity contribution in [3.63, 3.8) is 0 Å². The molecule has 1 atom stereocenters. The van der Waals surface area contributed by atoms with Crippen molar-refractivity contribution >= 4 is 26.0 Å². The summed E-state index contributed by atoms with van der Waals surface area (Å²) in [6.07, 6.45) is 0. The molecule has 0 aromatic heterocycles. The maximum absolute atomic E-state index is 12.6. The molecule has 1 aromatic rings. The molecule has 0 aliphatic carbocycles. The van der Waals surface area contributed by atoms with Gasteiger partial charge in [-0.3, -0.25) is 4.18 Å². The van der Waals surface area contributed by atoms with E-state index in [2.05, 4.69) is 20.1 Å². The molecule has 1 aromatic carbocycles. The molecule has 8 heteroatoms. The van der Waals surface area contributed by atoms with E-state index < -0.39 is 20.9 Å². The van der Waals surface area contributed by atoms with Crippen LogP contribution in [0.2, 0.25) is 0 Å². The van der Waals surface area contributed by atoms with Crippen molar-refractivity contribution < 1.29 is 21.8 Å². The highest BCUT2D eigenvalue weighted by molar-refractivity contribution is 9.09. The van der Waals surface area contributed by atoms with Gasteiger partial charge in [0.05, 0.1) is 4.90 Å². The summed E-state index contributed by atoms with van der Waals surface area (Å²) in [5.74, 6) is -0.540. The van der Waals surface area contributed by atoms with E-state index in [0.29, 0.717) is 4.76 Å². The summed E-state index contributed by atoms with van der Waals surface area (Å²) in [5.41, 5.74) is 0. The Hall–Kier alpha value is -0.860. The Morgan fingerprint density at radius 3 is 2.41 bits per heavy atom. The van der Waals surface area contributed by atoms with Gasteiger partial charge < -0.3 is 0 Å². The lowest BCUT2D eigenvalue weighted by Gasteiger charge is -2.05. The monoisotopic (exact) mass is 326 g/mol. The predicted octanol–water partition coefficient (Wildman–Crippen LogP) is 1.66. The summed E-state index contributed by atoms with van der Waals surface area (Å²) < 4.78 is 40.9. The van der Waals surface area contributed by atoms with E-state index in [0.717, 1.165) is 24.3 Å². The summed E-state index contributed by atoms with van der Waals surface area (Å²) in [6, 6.07) is 4.22. The van der Waals surface area contributed by atoms with Crippen LogP contribution in [0.25, 0.3) is 0 Å². The minimum absolute atomic E-state index is 0.160. The van der Waals surface area contributed by atoms with Gasteiger partial charge in [0.15, 0.2) is 7.05 Å². The molecule has 0 bridgehead atoms. The maximum atomic E-state index is 12.6. The molecule has 0 radical (unpaired) electrons. The van der Waals surface area contributed by atoms with Gasteiger partial charge in [0, 0.05) is 9.67 Å². The SMILES string of the molecule is C[N+](=O)C(Br)COS(=O)(=O)c1ccc(F)cc1. The smallest absolute Gasteiger partial charge is 0.258 e. The second-order valence-electron chi connectivity index (χ2n) is 3.17. The van der Waals surface area contributed by atoms with Crippen LogP contribution in [0.1, 0.15) is 0 Å². The molecule has 0 saturated carbocycles. The number of alkyl halides is 1. The van der Waals surface area contributed by atoms with Crippen LogP contribution in [0.4, 0.5) is 4.39 Å². The van der Waals surface area contributed by atoms with Gasteiger partial charge in [-0.2, -0.15) is 8.42 Å². The average Bonchev–Trinajstić information content (AvgIpc) is 2.26. The molecule has 0 heterocycles. The normalized spacial score (nSPS) is 13.4. The van der Waals surface area contributed by atoms with Crippen molar-refractivity contribution in [1.82, 2.24) is 0 Å². The van der Waals surface area contributed by atoms with Crippen LogP contribution < -0.4 is 0 Å². The van der Waals surface area contributed by atoms with E-state index in [4.69, 9.17) is 0 Å². The molecule has 0 saturated heterocycles. The molecule has 1 rings (SSSR count). The van der Waals surface area contributed by atoms with Gasteiger partial charge in [-0.05, 0) is 40.2 Å². The third-order valence-electron chi connectivity index (χ3n) is 1.86. The quantitative estimate of drug-likeness (QED) is 0.357. The highest BCUT2D eigenvalue weighted by atomic mass is 79.9. The lowest BCUT2D eigenvalue weighted by atomic mass is 10.4. The largest absolute Gasteiger partial charge is 0.297 e. The van der Waals surface area contributed by atoms with E-state index in [9.17, 15) is 17.7 Å². The Morgan fingerprint density at radius 2 is 1.94 bits per heavy atom. The van der Waals surface area contributed by atoms with Crippen molar-refractivity contribution in [2.75, 3.05) is 13.7 Å². The first-order valence-corrected chi connectivity index (χ1v) is 6.84. The Labute approximate surface area is 106 Å². The molecule has 1 unspecified atom stereocenters. The first-order valence-electron chi connectivity index (χ1n) is 4.52. The van der Waals surface area contributed by atoms with Crippen molar-refractivity contribution in [2.24, 2.45) is 0 Å². The highest BCUT2D eigenvalue weighted by Crippen LogP contribution is 2.14. The Bertz CT molecular complexity index is 502. The number of nitrogens with zero attached hydrogens (tertiary/aromatic N) is 1. The van der Waals surface area contributed by atoms with Gasteiger partial charge in [0.2, 0.25) is 0 Å². The predicted molar refractivity (Wildman–Crippen MR) is 61.8 cm³/mol. The maximum Gasteiger partial charge on any atom is 0.297 e. The fourth-order valence-corrected chi connectivity index (χ4v) is 2.14. The number of nitroso groups, excluding NO2 is 1. The second-order valence-corrected chi connectivity index (χ2v) is 5.85. The molecule has 0 amide bonds. The first kappa shape index (κ1) is 14.2. The summed E-state index contributed by atoms with van der Waals surface area (Å²) in [6.45, 7) is -0.334. The fourth-order valence-electron chi connectivity index (χ4n) is 0.920. The molecule has 0 aliphatic rings. The van der Waals surface area contributed by atoms with E-state index in [-0.39, 0.29) is 11.5 Å². The van der Waals surface area contributed by atoms with Crippen molar-refractivity contribution in [3.8, 4) is 0 Å². The van der Waals surface area contributed by atoms with E-state index in [1.807, 2.05) is 0 Å². The molecule has 0 fully saturated rings. The molecular weight excluding hydrogens is 317 g/mol. The minimum atomic E-state index is -3.97. The van der Waals surface area contributed by atoms with Crippen LogP contribution in [0.3, 0.4) is 0 Å². The molecule has 0 N–H and O–H groups in total. The summed E-state index contributed by atoms with van der Waals surface area (Å²) in [7, 11) is -2.74. The Morgan fingerprint density at radius 1 is 1.41 bits per heavy atom. The number of likely N-dealkylation sites (N-methyl/N-ethyl adjacent to an activating group) is 1. The molecule has 17 heavy (non-hydrogen) atoms. The van der Waals surface area contributed by atoms with Crippen LogP contribution in [0.15, 0.2) is 29.2 Å². The van der Waals surface area contributed by atoms with E-state index in [1.54, 1.807) is 0 Å². The van der Waals surface area contributed by atoms with Crippen LogP contribution in [0.5, 0.6) is 0 Å². The zero-order chi connectivity index (χ0) is 13.1. The molecular formula is C9H10BrFNO4S+. The summed E-state index contributed by atoms with van der Waals surface area (Å²) in [5, 5.41) is 0. The molecule has 5 nitrogen and oxygen atoms in total. The lowest BCUT2D eigenvalue weighted by molar-refractivity contribution is -0.532. The third-order valence-corrected chi connectivity index (χ3v) is 3.99. The van der Waals surface area contributed by atoms with Gasteiger partial charge in [-0.25, -0.2) is 4.39 Å². The van der Waals surface area contributed by atoms with Gasteiger partial charge in [-0.1, -0.05) is 0 Å². The van der Waals surface area contributed by atoms with E-state index >= 15 is 0 Å². The minimum Gasteiger partial charge on any atom is -0.258 e.